The van der Waals surface area contributed by atoms with Crippen LogP contribution >= 0.6 is 11.6 Å². The van der Waals surface area contributed by atoms with Crippen molar-refractivity contribution in [3.05, 3.63) is 116 Å². The summed E-state index contributed by atoms with van der Waals surface area (Å²) >= 11 is 6.27. The van der Waals surface area contributed by atoms with E-state index >= 15 is 0 Å². The SMILES string of the molecule is Cc1cc(C)c2c(=O)c3c(oc2c1)C(=O)N(Cc1ccccc1)C3c1cccc(Cl)c1. The van der Waals surface area contributed by atoms with Gasteiger partial charge in [0.05, 0.1) is 17.0 Å². The molecule has 4 nitrogen and oxygen atoms in total. The molecule has 0 spiro atoms. The lowest BCUT2D eigenvalue weighted by atomic mass is 9.96. The molecule has 0 saturated heterocycles. The molecular formula is C26H20ClNO3. The van der Waals surface area contributed by atoms with Crippen LogP contribution in [0.3, 0.4) is 0 Å². The maximum Gasteiger partial charge on any atom is 0.291 e. The molecule has 31 heavy (non-hydrogen) atoms. The molecule has 0 saturated carbocycles. The van der Waals surface area contributed by atoms with Gasteiger partial charge in [0.2, 0.25) is 5.76 Å². The van der Waals surface area contributed by atoms with Gasteiger partial charge < -0.3 is 9.32 Å². The molecule has 5 heteroatoms. The molecule has 1 aromatic heterocycles. The zero-order valence-corrected chi connectivity index (χ0v) is 17.9. The summed E-state index contributed by atoms with van der Waals surface area (Å²) in [5, 5.41) is 1.07. The zero-order chi connectivity index (χ0) is 21.7. The quantitative estimate of drug-likeness (QED) is 0.413. The Balaban J connectivity index is 1.77. The predicted molar refractivity (Wildman–Crippen MR) is 122 cm³/mol. The molecule has 1 aliphatic heterocycles. The van der Waals surface area contributed by atoms with Crippen molar-refractivity contribution in [2.45, 2.75) is 26.4 Å². The molecule has 1 aliphatic rings. The Bertz CT molecular complexity index is 1390. The van der Waals surface area contributed by atoms with E-state index < -0.39 is 6.04 Å². The number of rotatable bonds is 3. The molecule has 4 aromatic rings. The van der Waals surface area contributed by atoms with Gasteiger partial charge in [-0.1, -0.05) is 60.1 Å². The average Bonchev–Trinajstić information content (AvgIpc) is 3.00. The second-order valence-electron chi connectivity index (χ2n) is 8.01. The zero-order valence-electron chi connectivity index (χ0n) is 17.2. The molecule has 1 atom stereocenters. The van der Waals surface area contributed by atoms with Gasteiger partial charge >= 0.3 is 0 Å². The third-order valence-corrected chi connectivity index (χ3v) is 6.01. The minimum absolute atomic E-state index is 0.114. The summed E-state index contributed by atoms with van der Waals surface area (Å²) in [6, 6.07) is 20.2. The Labute approximate surface area is 184 Å². The van der Waals surface area contributed by atoms with Crippen LogP contribution in [0.2, 0.25) is 5.02 Å². The summed E-state index contributed by atoms with van der Waals surface area (Å²) < 4.78 is 6.08. The normalized spacial score (nSPS) is 15.5. The summed E-state index contributed by atoms with van der Waals surface area (Å²) in [7, 11) is 0. The van der Waals surface area contributed by atoms with E-state index in [9.17, 15) is 9.59 Å². The number of aryl methyl sites for hydroxylation is 2. The second-order valence-corrected chi connectivity index (χ2v) is 8.44. The van der Waals surface area contributed by atoms with Crippen LogP contribution < -0.4 is 5.43 Å². The minimum Gasteiger partial charge on any atom is -0.450 e. The molecular weight excluding hydrogens is 410 g/mol. The van der Waals surface area contributed by atoms with Crippen molar-refractivity contribution in [2.75, 3.05) is 0 Å². The highest BCUT2D eigenvalue weighted by molar-refractivity contribution is 6.30. The number of hydrogen-bond acceptors (Lipinski definition) is 3. The summed E-state index contributed by atoms with van der Waals surface area (Å²) in [5.41, 5.74) is 4.23. The van der Waals surface area contributed by atoms with Crippen LogP contribution in [-0.2, 0) is 6.54 Å². The Morgan fingerprint density at radius 2 is 1.74 bits per heavy atom. The number of benzene rings is 3. The van der Waals surface area contributed by atoms with Crippen LogP contribution in [0.15, 0.2) is 75.9 Å². The van der Waals surface area contributed by atoms with Crippen molar-refractivity contribution < 1.29 is 9.21 Å². The van der Waals surface area contributed by atoms with Crippen molar-refractivity contribution in [1.29, 1.82) is 0 Å². The van der Waals surface area contributed by atoms with Gasteiger partial charge in [0.1, 0.15) is 5.58 Å². The molecule has 0 aliphatic carbocycles. The second kappa shape index (κ2) is 7.40. The van der Waals surface area contributed by atoms with Crippen LogP contribution in [0, 0.1) is 13.8 Å². The third kappa shape index (κ3) is 3.24. The molecule has 0 N–H and O–H groups in total. The van der Waals surface area contributed by atoms with Crippen molar-refractivity contribution >= 4 is 28.5 Å². The summed E-state index contributed by atoms with van der Waals surface area (Å²) in [6.45, 7) is 4.19. The fourth-order valence-electron chi connectivity index (χ4n) is 4.48. The smallest absolute Gasteiger partial charge is 0.291 e. The molecule has 1 amide bonds. The number of amides is 1. The molecule has 0 fully saturated rings. The number of carbonyl (C=O) groups excluding carboxylic acids is 1. The molecule has 3 aromatic carbocycles. The average molecular weight is 430 g/mol. The first-order valence-electron chi connectivity index (χ1n) is 10.1. The van der Waals surface area contributed by atoms with Crippen LogP contribution in [0.1, 0.15) is 44.4 Å². The Hall–Kier alpha value is -3.37. The number of carbonyl (C=O) groups is 1. The van der Waals surface area contributed by atoms with Crippen LogP contribution in [0.25, 0.3) is 11.0 Å². The van der Waals surface area contributed by atoms with Gasteiger partial charge in [-0.2, -0.15) is 0 Å². The van der Waals surface area contributed by atoms with Gasteiger partial charge in [0, 0.05) is 11.6 Å². The van der Waals surface area contributed by atoms with Crippen molar-refractivity contribution in [2.24, 2.45) is 0 Å². The van der Waals surface area contributed by atoms with E-state index in [1.54, 1.807) is 17.0 Å². The Kier molecular flexibility index (Phi) is 4.67. The fourth-order valence-corrected chi connectivity index (χ4v) is 4.68. The van der Waals surface area contributed by atoms with E-state index in [2.05, 4.69) is 0 Å². The van der Waals surface area contributed by atoms with E-state index in [4.69, 9.17) is 16.0 Å². The van der Waals surface area contributed by atoms with E-state index in [-0.39, 0.29) is 17.1 Å². The molecule has 0 bridgehead atoms. The molecule has 1 unspecified atom stereocenters. The first kappa shape index (κ1) is 19.6. The maximum absolute atomic E-state index is 13.7. The summed E-state index contributed by atoms with van der Waals surface area (Å²) in [5.74, 6) is -0.176. The van der Waals surface area contributed by atoms with Crippen LogP contribution in [-0.4, -0.2) is 10.8 Å². The van der Waals surface area contributed by atoms with Crippen molar-refractivity contribution in [3.8, 4) is 0 Å². The van der Waals surface area contributed by atoms with E-state index in [0.717, 1.165) is 22.3 Å². The highest BCUT2D eigenvalue weighted by Gasteiger charge is 2.42. The lowest BCUT2D eigenvalue weighted by molar-refractivity contribution is 0.0714. The number of fused-ring (bicyclic) bond motifs is 2. The van der Waals surface area contributed by atoms with Gasteiger partial charge in [0.15, 0.2) is 5.43 Å². The van der Waals surface area contributed by atoms with Gasteiger partial charge in [0.25, 0.3) is 5.91 Å². The Morgan fingerprint density at radius 3 is 2.48 bits per heavy atom. The van der Waals surface area contributed by atoms with Crippen molar-refractivity contribution in [3.63, 3.8) is 0 Å². The molecule has 154 valence electrons. The largest absolute Gasteiger partial charge is 0.450 e. The van der Waals surface area contributed by atoms with E-state index in [1.807, 2.05) is 68.4 Å². The van der Waals surface area contributed by atoms with Crippen LogP contribution in [0.5, 0.6) is 0 Å². The lowest BCUT2D eigenvalue weighted by Crippen LogP contribution is -2.29. The molecule has 0 radical (unpaired) electrons. The lowest BCUT2D eigenvalue weighted by Gasteiger charge is -2.25. The van der Waals surface area contributed by atoms with Gasteiger partial charge in [-0.25, -0.2) is 0 Å². The molecule has 5 rings (SSSR count). The van der Waals surface area contributed by atoms with E-state index in [0.29, 0.717) is 28.1 Å². The van der Waals surface area contributed by atoms with E-state index in [1.165, 1.54) is 0 Å². The standard InChI is InChI=1S/C26H20ClNO3/c1-15-11-16(2)21-20(12-15)31-25-22(24(21)29)23(18-9-6-10-19(27)13-18)28(26(25)30)14-17-7-4-3-5-8-17/h3-13,23H,14H2,1-2H3. The van der Waals surface area contributed by atoms with Crippen molar-refractivity contribution in [1.82, 2.24) is 4.90 Å². The minimum atomic E-state index is -0.567. The number of nitrogens with zero attached hydrogens (tertiary/aromatic N) is 1. The maximum atomic E-state index is 13.7. The Morgan fingerprint density at radius 1 is 0.968 bits per heavy atom. The first-order valence-corrected chi connectivity index (χ1v) is 10.5. The van der Waals surface area contributed by atoms with Crippen LogP contribution in [0.4, 0.5) is 0 Å². The predicted octanol–water partition coefficient (Wildman–Crippen LogP) is 5.81. The highest BCUT2D eigenvalue weighted by Crippen LogP contribution is 2.40. The fraction of sp³-hybridized carbons (Fsp3) is 0.154. The summed E-state index contributed by atoms with van der Waals surface area (Å²) in [4.78, 5) is 28.9. The third-order valence-electron chi connectivity index (χ3n) is 5.77. The monoisotopic (exact) mass is 429 g/mol. The van der Waals surface area contributed by atoms with Gasteiger partial charge in [-0.3, -0.25) is 9.59 Å². The number of halogens is 1. The van der Waals surface area contributed by atoms with Gasteiger partial charge in [-0.05, 0) is 54.3 Å². The topological polar surface area (TPSA) is 50.5 Å². The highest BCUT2D eigenvalue weighted by atomic mass is 35.5. The summed E-state index contributed by atoms with van der Waals surface area (Å²) in [6.07, 6.45) is 0. The van der Waals surface area contributed by atoms with Gasteiger partial charge in [-0.15, -0.1) is 0 Å². The first-order chi connectivity index (χ1) is 14.9. The molecule has 2 heterocycles. The number of hydrogen-bond donors (Lipinski definition) is 0.